The minimum absolute atomic E-state index is 0.129. The van der Waals surface area contributed by atoms with Gasteiger partial charge >= 0.3 is 19.8 Å². The zero-order chi connectivity index (χ0) is 25.5. The molecule has 0 aromatic carbocycles. The van der Waals surface area contributed by atoms with Gasteiger partial charge < -0.3 is 19.3 Å². The quantitative estimate of drug-likeness (QED) is 0.142. The second-order valence-corrected chi connectivity index (χ2v) is 7.53. The van der Waals surface area contributed by atoms with Gasteiger partial charge in [0.1, 0.15) is 6.61 Å². The van der Waals surface area contributed by atoms with Gasteiger partial charge in [-0.3, -0.25) is 9.32 Å². The van der Waals surface area contributed by atoms with Crippen molar-refractivity contribution >= 4 is 19.8 Å². The molecule has 0 saturated carbocycles. The van der Waals surface area contributed by atoms with Gasteiger partial charge in [-0.1, -0.05) is 38.5 Å². The first-order valence-corrected chi connectivity index (χ1v) is 11.8. The topological polar surface area (TPSA) is 119 Å². The highest BCUT2D eigenvalue weighted by Crippen LogP contribution is 2.35. The van der Waals surface area contributed by atoms with Crippen molar-refractivity contribution in [1.29, 1.82) is 0 Å². The van der Waals surface area contributed by atoms with Gasteiger partial charge in [0.15, 0.2) is 6.10 Å². The van der Waals surface area contributed by atoms with Crippen molar-refractivity contribution in [3.63, 3.8) is 0 Å². The standard InChI is InChI=1S/C25H25O8P/c1-3-5-7-9-10-11-12-13-14-16-17-19-24(26)31-21-23(22-32-34(28,29)30)33-25(27)20-18-15-8-6-4-2/h23H,4,6,8,15,18,20-22H2,1-2H3,(H2,28,29,30)/t23-/m1/s1. The number of rotatable bonds is 12. The van der Waals surface area contributed by atoms with Crippen LogP contribution in [0.4, 0.5) is 0 Å². The highest BCUT2D eigenvalue weighted by molar-refractivity contribution is 7.46. The Kier molecular flexibility index (Phi) is 17.9. The number of phosphoric acid groups is 1. The second-order valence-electron chi connectivity index (χ2n) is 6.29. The predicted molar refractivity (Wildman–Crippen MR) is 125 cm³/mol. The lowest BCUT2D eigenvalue weighted by atomic mass is 10.1. The molecule has 0 heterocycles. The fourth-order valence-electron chi connectivity index (χ4n) is 2.01. The fourth-order valence-corrected chi connectivity index (χ4v) is 2.37. The normalized spacial score (nSPS) is 9.65. The zero-order valence-electron chi connectivity index (χ0n) is 19.0. The second kappa shape index (κ2) is 20.0. The third kappa shape index (κ3) is 21.6. The van der Waals surface area contributed by atoms with Crippen LogP contribution in [0.1, 0.15) is 52.4 Å². The van der Waals surface area contributed by atoms with E-state index < -0.39 is 39.1 Å². The molecular weight excluding hydrogens is 459 g/mol. The van der Waals surface area contributed by atoms with Gasteiger partial charge in [0.05, 0.1) is 6.61 Å². The van der Waals surface area contributed by atoms with Gasteiger partial charge in [-0.25, -0.2) is 9.36 Å². The highest BCUT2D eigenvalue weighted by Gasteiger charge is 2.22. The summed E-state index contributed by atoms with van der Waals surface area (Å²) in [6.07, 6.45) is 3.53. The molecule has 0 aliphatic rings. The van der Waals surface area contributed by atoms with E-state index in [1.54, 1.807) is 6.92 Å². The first-order chi connectivity index (χ1) is 16.3. The van der Waals surface area contributed by atoms with E-state index in [1.165, 1.54) is 0 Å². The highest BCUT2D eigenvalue weighted by atomic mass is 31.2. The Bertz CT molecular complexity index is 1100. The first kappa shape index (κ1) is 30.4. The molecule has 8 nitrogen and oxygen atoms in total. The molecule has 0 aromatic heterocycles. The maximum Gasteiger partial charge on any atom is 0.469 e. The van der Waals surface area contributed by atoms with E-state index in [1.807, 2.05) is 0 Å². The zero-order valence-corrected chi connectivity index (χ0v) is 19.9. The van der Waals surface area contributed by atoms with Crippen LogP contribution >= 0.6 is 7.82 Å². The van der Waals surface area contributed by atoms with E-state index in [4.69, 9.17) is 19.3 Å². The molecule has 0 amide bonds. The minimum Gasteiger partial charge on any atom is -0.456 e. The summed E-state index contributed by atoms with van der Waals surface area (Å²) >= 11 is 0. The Morgan fingerprint density at radius 2 is 1.38 bits per heavy atom. The largest absolute Gasteiger partial charge is 0.469 e. The van der Waals surface area contributed by atoms with Crippen LogP contribution < -0.4 is 0 Å². The van der Waals surface area contributed by atoms with Crippen molar-refractivity contribution in [3.8, 4) is 71.0 Å². The summed E-state index contributed by atoms with van der Waals surface area (Å²) < 4.78 is 25.2. The van der Waals surface area contributed by atoms with Crippen LogP contribution in [-0.4, -0.2) is 41.0 Å². The Balaban J connectivity index is 4.68. The Hall–Kier alpha value is -3.59. The molecule has 0 aliphatic carbocycles. The van der Waals surface area contributed by atoms with Crippen molar-refractivity contribution in [2.75, 3.05) is 13.2 Å². The fraction of sp³-hybridized carbons (Fsp3) is 0.440. The number of ether oxygens (including phenoxy) is 2. The summed E-state index contributed by atoms with van der Waals surface area (Å²) in [5.74, 6) is 27.1. The van der Waals surface area contributed by atoms with E-state index in [0.29, 0.717) is 6.42 Å². The van der Waals surface area contributed by atoms with Gasteiger partial charge in [0.25, 0.3) is 0 Å². The Morgan fingerprint density at radius 1 is 0.824 bits per heavy atom. The summed E-state index contributed by atoms with van der Waals surface area (Å²) in [6.45, 7) is 2.57. The Morgan fingerprint density at radius 3 is 1.94 bits per heavy atom. The lowest BCUT2D eigenvalue weighted by Gasteiger charge is -2.17. The molecule has 0 radical (unpaired) electrons. The Labute approximate surface area is 200 Å². The lowest BCUT2D eigenvalue weighted by molar-refractivity contribution is -0.158. The van der Waals surface area contributed by atoms with E-state index in [9.17, 15) is 14.2 Å². The number of hydrogen-bond donors (Lipinski definition) is 2. The van der Waals surface area contributed by atoms with Crippen molar-refractivity contribution in [2.24, 2.45) is 0 Å². The van der Waals surface area contributed by atoms with Crippen LogP contribution in [0.5, 0.6) is 0 Å². The van der Waals surface area contributed by atoms with Gasteiger partial charge in [-0.05, 0) is 72.5 Å². The number of hydrogen-bond acceptors (Lipinski definition) is 6. The van der Waals surface area contributed by atoms with Crippen LogP contribution in [0.3, 0.4) is 0 Å². The molecule has 0 bridgehead atoms. The van der Waals surface area contributed by atoms with Crippen molar-refractivity contribution < 1.29 is 37.9 Å². The molecule has 2 N–H and O–H groups in total. The molecule has 0 aliphatic heterocycles. The van der Waals surface area contributed by atoms with Gasteiger partial charge in [-0.2, -0.15) is 0 Å². The molecule has 1 atom stereocenters. The van der Waals surface area contributed by atoms with E-state index in [0.717, 1.165) is 25.7 Å². The van der Waals surface area contributed by atoms with Gasteiger partial charge in [0.2, 0.25) is 0 Å². The molecular formula is C25H25O8P. The molecule has 0 rings (SSSR count). The number of carbonyl (C=O) groups is 2. The van der Waals surface area contributed by atoms with Crippen molar-refractivity contribution in [1.82, 2.24) is 0 Å². The predicted octanol–water partition coefficient (Wildman–Crippen LogP) is 1.95. The molecule has 0 saturated heterocycles. The van der Waals surface area contributed by atoms with E-state index >= 15 is 0 Å². The van der Waals surface area contributed by atoms with E-state index in [-0.39, 0.29) is 6.42 Å². The van der Waals surface area contributed by atoms with Crippen molar-refractivity contribution in [2.45, 2.75) is 58.5 Å². The summed E-state index contributed by atoms with van der Waals surface area (Å²) in [4.78, 5) is 41.3. The molecule has 0 aromatic rings. The molecule has 178 valence electrons. The summed E-state index contributed by atoms with van der Waals surface area (Å²) in [5.41, 5.74) is 0. The molecule has 0 spiro atoms. The third-order valence-electron chi connectivity index (χ3n) is 3.46. The smallest absolute Gasteiger partial charge is 0.456 e. The van der Waals surface area contributed by atoms with Crippen LogP contribution in [0.25, 0.3) is 0 Å². The van der Waals surface area contributed by atoms with Crippen LogP contribution in [0, 0.1) is 71.0 Å². The number of phosphoric ester groups is 1. The maximum atomic E-state index is 11.9. The molecule has 0 fully saturated rings. The third-order valence-corrected chi connectivity index (χ3v) is 3.95. The molecule has 0 unspecified atom stereocenters. The first-order valence-electron chi connectivity index (χ1n) is 10.3. The van der Waals surface area contributed by atoms with Crippen LogP contribution in [-0.2, 0) is 28.2 Å². The summed E-state index contributed by atoms with van der Waals surface area (Å²) in [5, 5.41) is 0. The van der Waals surface area contributed by atoms with E-state index in [2.05, 4.69) is 82.5 Å². The molecule has 34 heavy (non-hydrogen) atoms. The number of unbranched alkanes of at least 4 members (excludes halogenated alkanes) is 4. The molecule has 9 heteroatoms. The average Bonchev–Trinajstić information content (AvgIpc) is 2.78. The van der Waals surface area contributed by atoms with Crippen LogP contribution in [0.2, 0.25) is 0 Å². The minimum atomic E-state index is -4.80. The summed E-state index contributed by atoms with van der Waals surface area (Å²) in [7, 11) is -4.80. The lowest BCUT2D eigenvalue weighted by Crippen LogP contribution is -2.29. The SMILES string of the molecule is CC#CC#CC#CC#CC#CC#CC(=O)OC[C@H](COP(=O)(O)O)OC(=O)CCCCCCC. The van der Waals surface area contributed by atoms with Gasteiger partial charge in [-0.15, -0.1) is 0 Å². The number of carbonyl (C=O) groups excluding carboxylic acids is 2. The van der Waals surface area contributed by atoms with Gasteiger partial charge in [0, 0.05) is 12.3 Å². The average molecular weight is 484 g/mol. The monoisotopic (exact) mass is 484 g/mol. The number of esters is 2. The van der Waals surface area contributed by atoms with Crippen LogP contribution in [0.15, 0.2) is 0 Å². The van der Waals surface area contributed by atoms with Crippen molar-refractivity contribution in [3.05, 3.63) is 0 Å². The summed E-state index contributed by atoms with van der Waals surface area (Å²) in [6, 6.07) is 0. The maximum absolute atomic E-state index is 11.9.